The van der Waals surface area contributed by atoms with Crippen molar-refractivity contribution < 1.29 is 14.3 Å². The molecule has 176 valence electrons. The molecule has 0 aromatic heterocycles. The Hall–Kier alpha value is -4.25. The van der Waals surface area contributed by atoms with Crippen LogP contribution in [0, 0.1) is 6.92 Å². The standard InChI is InChI=1S/C30H28N2O3/c1-21-9-7-8-12-27(21)29-28(22-10-5-4-6-11-22)31(23-13-17-25(34-2)18-14-23)30(33)32(29)24-15-19-26(35-3)20-16-24/h4-20,28-29H,1-3H3/t28-,29-/m1/s1. The highest BCUT2D eigenvalue weighted by molar-refractivity contribution is 6.08. The van der Waals surface area contributed by atoms with Crippen molar-refractivity contribution in [3.8, 4) is 11.5 Å². The van der Waals surface area contributed by atoms with Crippen molar-refractivity contribution in [3.05, 3.63) is 120 Å². The predicted octanol–water partition coefficient (Wildman–Crippen LogP) is 6.94. The number of anilines is 2. The van der Waals surface area contributed by atoms with Crippen LogP contribution in [0.4, 0.5) is 16.2 Å². The summed E-state index contributed by atoms with van der Waals surface area (Å²) in [6.45, 7) is 2.10. The molecule has 0 aliphatic carbocycles. The van der Waals surface area contributed by atoms with Gasteiger partial charge in [0.05, 0.1) is 26.3 Å². The van der Waals surface area contributed by atoms with Crippen molar-refractivity contribution in [2.75, 3.05) is 24.0 Å². The van der Waals surface area contributed by atoms with E-state index in [0.717, 1.165) is 39.6 Å². The Kier molecular flexibility index (Phi) is 6.15. The van der Waals surface area contributed by atoms with E-state index in [-0.39, 0.29) is 18.1 Å². The molecular weight excluding hydrogens is 436 g/mol. The van der Waals surface area contributed by atoms with Crippen LogP contribution in [-0.2, 0) is 0 Å². The molecule has 0 saturated carbocycles. The second-order valence-electron chi connectivity index (χ2n) is 8.58. The number of hydrogen-bond acceptors (Lipinski definition) is 3. The van der Waals surface area contributed by atoms with E-state index in [1.807, 2.05) is 88.7 Å². The van der Waals surface area contributed by atoms with Crippen molar-refractivity contribution >= 4 is 17.4 Å². The summed E-state index contributed by atoms with van der Waals surface area (Å²) in [5, 5.41) is 0. The van der Waals surface area contributed by atoms with Crippen molar-refractivity contribution in [1.29, 1.82) is 0 Å². The maximum absolute atomic E-state index is 14.3. The molecule has 0 spiro atoms. The largest absolute Gasteiger partial charge is 0.497 e. The van der Waals surface area contributed by atoms with E-state index in [2.05, 4.69) is 31.2 Å². The van der Waals surface area contributed by atoms with Gasteiger partial charge in [-0.2, -0.15) is 0 Å². The van der Waals surface area contributed by atoms with E-state index >= 15 is 0 Å². The summed E-state index contributed by atoms with van der Waals surface area (Å²) >= 11 is 0. The summed E-state index contributed by atoms with van der Waals surface area (Å²) < 4.78 is 10.7. The van der Waals surface area contributed by atoms with Crippen LogP contribution in [0.2, 0.25) is 0 Å². The number of urea groups is 1. The van der Waals surface area contributed by atoms with Crippen molar-refractivity contribution in [2.45, 2.75) is 19.0 Å². The van der Waals surface area contributed by atoms with Gasteiger partial charge in [-0.25, -0.2) is 4.79 Å². The molecule has 0 unspecified atom stereocenters. The molecule has 1 fully saturated rings. The number of hydrogen-bond donors (Lipinski definition) is 0. The van der Waals surface area contributed by atoms with Crippen LogP contribution >= 0.6 is 0 Å². The van der Waals surface area contributed by atoms with Gasteiger partial charge in [0.1, 0.15) is 11.5 Å². The Morgan fingerprint density at radius 2 is 1.09 bits per heavy atom. The lowest BCUT2D eigenvalue weighted by atomic mass is 9.90. The van der Waals surface area contributed by atoms with Gasteiger partial charge in [0.15, 0.2) is 0 Å². The van der Waals surface area contributed by atoms with Crippen LogP contribution in [-0.4, -0.2) is 20.3 Å². The molecule has 1 aliphatic rings. The Labute approximate surface area is 206 Å². The number of aryl methyl sites for hydroxylation is 1. The lowest BCUT2D eigenvalue weighted by Crippen LogP contribution is -2.32. The van der Waals surface area contributed by atoms with Gasteiger partial charge in [0.25, 0.3) is 0 Å². The van der Waals surface area contributed by atoms with Crippen LogP contribution in [0.3, 0.4) is 0 Å². The van der Waals surface area contributed by atoms with Crippen molar-refractivity contribution in [1.82, 2.24) is 0 Å². The van der Waals surface area contributed by atoms with Gasteiger partial charge >= 0.3 is 6.03 Å². The molecule has 35 heavy (non-hydrogen) atoms. The van der Waals surface area contributed by atoms with Gasteiger partial charge < -0.3 is 9.47 Å². The molecule has 4 aromatic rings. The molecule has 2 atom stereocenters. The van der Waals surface area contributed by atoms with Crippen LogP contribution in [0.15, 0.2) is 103 Å². The molecule has 5 heteroatoms. The van der Waals surface area contributed by atoms with E-state index in [1.54, 1.807) is 14.2 Å². The molecule has 1 aliphatic heterocycles. The SMILES string of the molecule is COc1ccc(N2C(=O)N(c3ccc(OC)cc3)[C@H](c3ccccc3C)[C@H]2c2ccccc2)cc1. The van der Waals surface area contributed by atoms with Gasteiger partial charge in [0, 0.05) is 11.4 Å². The van der Waals surface area contributed by atoms with Gasteiger partial charge in [0.2, 0.25) is 0 Å². The summed E-state index contributed by atoms with van der Waals surface area (Å²) in [4.78, 5) is 18.1. The molecular formula is C30H28N2O3. The lowest BCUT2D eigenvalue weighted by Gasteiger charge is -2.30. The van der Waals surface area contributed by atoms with Gasteiger partial charge in [-0.1, -0.05) is 54.6 Å². The third-order valence-corrected chi connectivity index (χ3v) is 6.62. The lowest BCUT2D eigenvalue weighted by molar-refractivity contribution is 0.255. The van der Waals surface area contributed by atoms with Crippen LogP contribution in [0.1, 0.15) is 28.8 Å². The molecule has 0 N–H and O–H groups in total. The summed E-state index contributed by atoms with van der Waals surface area (Å²) in [7, 11) is 3.28. The summed E-state index contributed by atoms with van der Waals surface area (Å²) in [6, 6.07) is 33.3. The first-order valence-electron chi connectivity index (χ1n) is 11.6. The smallest absolute Gasteiger partial charge is 0.330 e. The van der Waals surface area contributed by atoms with Crippen molar-refractivity contribution in [3.63, 3.8) is 0 Å². The molecule has 5 rings (SSSR count). The number of carbonyl (C=O) groups is 1. The third-order valence-electron chi connectivity index (χ3n) is 6.62. The fraction of sp³-hybridized carbons (Fsp3) is 0.167. The van der Waals surface area contributed by atoms with E-state index in [4.69, 9.17) is 9.47 Å². The minimum Gasteiger partial charge on any atom is -0.497 e. The third kappa shape index (κ3) is 4.10. The van der Waals surface area contributed by atoms with Gasteiger partial charge in [-0.05, 0) is 72.1 Å². The zero-order valence-electron chi connectivity index (χ0n) is 20.1. The molecule has 0 radical (unpaired) electrons. The van der Waals surface area contributed by atoms with Crippen LogP contribution in [0.5, 0.6) is 11.5 Å². The number of amides is 2. The van der Waals surface area contributed by atoms with E-state index in [9.17, 15) is 4.79 Å². The first-order chi connectivity index (χ1) is 17.1. The second-order valence-corrected chi connectivity index (χ2v) is 8.58. The Morgan fingerprint density at radius 3 is 1.60 bits per heavy atom. The van der Waals surface area contributed by atoms with E-state index < -0.39 is 0 Å². The molecule has 1 heterocycles. The Bertz CT molecular complexity index is 1300. The summed E-state index contributed by atoms with van der Waals surface area (Å²) in [6.07, 6.45) is 0. The van der Waals surface area contributed by atoms with E-state index in [1.165, 1.54) is 0 Å². The average Bonchev–Trinajstić information content (AvgIpc) is 3.22. The van der Waals surface area contributed by atoms with Gasteiger partial charge in [-0.3, -0.25) is 9.80 Å². The molecule has 5 nitrogen and oxygen atoms in total. The fourth-order valence-electron chi connectivity index (χ4n) is 4.87. The van der Waals surface area contributed by atoms with Crippen LogP contribution < -0.4 is 19.3 Å². The predicted molar refractivity (Wildman–Crippen MR) is 139 cm³/mol. The number of nitrogens with zero attached hydrogens (tertiary/aromatic N) is 2. The maximum atomic E-state index is 14.3. The van der Waals surface area contributed by atoms with E-state index in [0.29, 0.717) is 0 Å². The highest BCUT2D eigenvalue weighted by Gasteiger charge is 2.49. The number of benzene rings is 4. The normalized spacial score (nSPS) is 17.5. The minimum absolute atomic E-state index is 0.0811. The topological polar surface area (TPSA) is 42.0 Å². The summed E-state index contributed by atoms with van der Waals surface area (Å²) in [5.41, 5.74) is 4.96. The molecule has 2 amide bonds. The first kappa shape index (κ1) is 22.5. The molecule has 1 saturated heterocycles. The molecule has 4 aromatic carbocycles. The average molecular weight is 465 g/mol. The van der Waals surface area contributed by atoms with Crippen LogP contribution in [0.25, 0.3) is 0 Å². The number of ether oxygens (including phenoxy) is 2. The highest BCUT2D eigenvalue weighted by Crippen LogP contribution is 2.49. The number of carbonyl (C=O) groups excluding carboxylic acids is 1. The Morgan fingerprint density at radius 1 is 0.600 bits per heavy atom. The summed E-state index contributed by atoms with van der Waals surface area (Å²) in [5.74, 6) is 1.50. The Balaban J connectivity index is 1.73. The maximum Gasteiger partial charge on any atom is 0.330 e. The monoisotopic (exact) mass is 464 g/mol. The molecule has 0 bridgehead atoms. The minimum atomic E-state index is -0.236. The van der Waals surface area contributed by atoms with Crippen molar-refractivity contribution in [2.24, 2.45) is 0 Å². The number of methoxy groups -OCH3 is 2. The first-order valence-corrected chi connectivity index (χ1v) is 11.6. The fourth-order valence-corrected chi connectivity index (χ4v) is 4.87. The second kappa shape index (κ2) is 9.55. The quantitative estimate of drug-likeness (QED) is 0.310. The van der Waals surface area contributed by atoms with Gasteiger partial charge in [-0.15, -0.1) is 0 Å². The zero-order valence-corrected chi connectivity index (χ0v) is 20.1. The number of rotatable bonds is 6. The highest BCUT2D eigenvalue weighted by atomic mass is 16.5. The zero-order chi connectivity index (χ0) is 24.4.